The maximum atomic E-state index is 12.6. The van der Waals surface area contributed by atoms with Gasteiger partial charge in [-0.1, -0.05) is 0 Å². The Morgan fingerprint density at radius 2 is 2.38 bits per heavy atom. The summed E-state index contributed by atoms with van der Waals surface area (Å²) in [5.41, 5.74) is 1.06. The molecule has 0 bridgehead atoms. The van der Waals surface area contributed by atoms with E-state index in [0.29, 0.717) is 5.92 Å². The van der Waals surface area contributed by atoms with Crippen LogP contribution in [-0.4, -0.2) is 43.6 Å². The molecular weight excluding hydrogens is 286 g/mol. The first-order chi connectivity index (χ1) is 10.1. The van der Waals surface area contributed by atoms with Crippen molar-refractivity contribution in [1.29, 1.82) is 0 Å². The lowest BCUT2D eigenvalue weighted by molar-refractivity contribution is -0.135. The van der Waals surface area contributed by atoms with Crippen molar-refractivity contribution in [2.24, 2.45) is 0 Å². The molecule has 1 amide bonds. The molecule has 21 heavy (non-hydrogen) atoms. The highest BCUT2D eigenvalue weighted by molar-refractivity contribution is 7.09. The van der Waals surface area contributed by atoms with Crippen LogP contribution in [0.25, 0.3) is 0 Å². The molecule has 2 aromatic rings. The number of carbonyl (C=O) groups excluding carboxylic acids is 1. The number of carbonyl (C=O) groups is 1. The molecule has 3 heterocycles. The molecule has 0 saturated carbocycles. The Bertz CT molecular complexity index is 609. The lowest BCUT2D eigenvalue weighted by atomic mass is 9.98. The standard InChI is InChI=1S/C14H19N5OS/c1-10-7-21-13(17-10)12-4-3-5-18(6-12)14(20)11(2)19-9-15-8-16-19/h7-9,11-12H,3-6H2,1-2H3. The number of nitrogens with zero attached hydrogens (tertiary/aromatic N) is 5. The van der Waals surface area contributed by atoms with Gasteiger partial charge in [0.05, 0.1) is 5.01 Å². The van der Waals surface area contributed by atoms with Crippen molar-refractivity contribution in [1.82, 2.24) is 24.6 Å². The van der Waals surface area contributed by atoms with Crippen LogP contribution in [0.2, 0.25) is 0 Å². The van der Waals surface area contributed by atoms with Crippen molar-refractivity contribution >= 4 is 17.2 Å². The topological polar surface area (TPSA) is 63.9 Å². The molecule has 0 spiro atoms. The first-order valence-corrected chi connectivity index (χ1v) is 8.08. The molecule has 1 fully saturated rings. The van der Waals surface area contributed by atoms with Gasteiger partial charge in [-0.2, -0.15) is 5.10 Å². The molecular formula is C14H19N5OS. The van der Waals surface area contributed by atoms with Crippen LogP contribution in [0.1, 0.15) is 42.4 Å². The third-order valence-corrected chi connectivity index (χ3v) is 5.03. The molecule has 1 saturated heterocycles. The minimum Gasteiger partial charge on any atom is -0.340 e. The minimum absolute atomic E-state index is 0.110. The van der Waals surface area contributed by atoms with Crippen LogP contribution in [0, 0.1) is 6.92 Å². The zero-order valence-corrected chi connectivity index (χ0v) is 13.1. The van der Waals surface area contributed by atoms with Crippen molar-refractivity contribution in [3.63, 3.8) is 0 Å². The third kappa shape index (κ3) is 2.97. The van der Waals surface area contributed by atoms with Gasteiger partial charge in [0.25, 0.3) is 0 Å². The third-order valence-electron chi connectivity index (χ3n) is 3.91. The average Bonchev–Trinajstić information content (AvgIpc) is 3.17. The van der Waals surface area contributed by atoms with Crippen LogP contribution in [-0.2, 0) is 4.79 Å². The molecule has 2 unspecified atom stereocenters. The van der Waals surface area contributed by atoms with Gasteiger partial charge in [-0.15, -0.1) is 11.3 Å². The number of thiazole rings is 1. The fourth-order valence-electron chi connectivity index (χ4n) is 2.73. The Morgan fingerprint density at radius 1 is 1.52 bits per heavy atom. The summed E-state index contributed by atoms with van der Waals surface area (Å²) in [6.07, 6.45) is 5.18. The Morgan fingerprint density at radius 3 is 3.05 bits per heavy atom. The highest BCUT2D eigenvalue weighted by Crippen LogP contribution is 2.30. The molecule has 1 aliphatic heterocycles. The fraction of sp³-hybridized carbons (Fsp3) is 0.571. The van der Waals surface area contributed by atoms with Crippen molar-refractivity contribution in [2.45, 2.75) is 38.6 Å². The second-order valence-corrected chi connectivity index (χ2v) is 6.39. The van der Waals surface area contributed by atoms with E-state index in [1.54, 1.807) is 22.3 Å². The maximum absolute atomic E-state index is 12.6. The molecule has 3 rings (SSSR count). The molecule has 112 valence electrons. The second-order valence-electron chi connectivity index (χ2n) is 5.50. The van der Waals surface area contributed by atoms with E-state index in [2.05, 4.69) is 20.4 Å². The number of aromatic nitrogens is 4. The number of hydrogen-bond donors (Lipinski definition) is 0. The van der Waals surface area contributed by atoms with E-state index in [1.807, 2.05) is 18.7 Å². The van der Waals surface area contributed by atoms with Crippen LogP contribution in [0.5, 0.6) is 0 Å². The molecule has 0 N–H and O–H groups in total. The first-order valence-electron chi connectivity index (χ1n) is 7.20. The number of likely N-dealkylation sites (tertiary alicyclic amines) is 1. The largest absolute Gasteiger partial charge is 0.340 e. The Kier molecular flexibility index (Phi) is 4.01. The zero-order chi connectivity index (χ0) is 14.8. The Balaban J connectivity index is 1.69. The number of piperidine rings is 1. The average molecular weight is 305 g/mol. The number of amides is 1. The second kappa shape index (κ2) is 5.93. The van der Waals surface area contributed by atoms with E-state index in [9.17, 15) is 4.79 Å². The summed E-state index contributed by atoms with van der Waals surface area (Å²) in [6.45, 7) is 5.45. The van der Waals surface area contributed by atoms with Gasteiger partial charge in [0.1, 0.15) is 18.7 Å². The van der Waals surface area contributed by atoms with Crippen LogP contribution < -0.4 is 0 Å². The summed E-state index contributed by atoms with van der Waals surface area (Å²) < 4.78 is 1.61. The van der Waals surface area contributed by atoms with Gasteiger partial charge in [-0.3, -0.25) is 4.79 Å². The number of aryl methyl sites for hydroxylation is 1. The molecule has 1 aliphatic rings. The van der Waals surface area contributed by atoms with Crippen molar-refractivity contribution in [2.75, 3.05) is 13.1 Å². The van der Waals surface area contributed by atoms with Gasteiger partial charge in [-0.25, -0.2) is 14.6 Å². The highest BCUT2D eigenvalue weighted by atomic mass is 32.1. The van der Waals surface area contributed by atoms with E-state index in [1.165, 1.54) is 6.33 Å². The lowest BCUT2D eigenvalue weighted by Gasteiger charge is -2.33. The fourth-order valence-corrected chi connectivity index (χ4v) is 3.66. The number of hydrogen-bond acceptors (Lipinski definition) is 5. The molecule has 0 radical (unpaired) electrons. The van der Waals surface area contributed by atoms with Crippen LogP contribution in [0.3, 0.4) is 0 Å². The van der Waals surface area contributed by atoms with E-state index < -0.39 is 0 Å². The van der Waals surface area contributed by atoms with E-state index in [4.69, 9.17) is 0 Å². The quantitative estimate of drug-likeness (QED) is 0.870. The highest BCUT2D eigenvalue weighted by Gasteiger charge is 2.29. The molecule has 0 aliphatic carbocycles. The monoisotopic (exact) mass is 305 g/mol. The van der Waals surface area contributed by atoms with Gasteiger partial charge < -0.3 is 4.90 Å². The van der Waals surface area contributed by atoms with Gasteiger partial charge in [0.2, 0.25) is 5.91 Å². The SMILES string of the molecule is Cc1csc(C2CCCN(C(=O)C(C)n3cncn3)C2)n1. The smallest absolute Gasteiger partial charge is 0.247 e. The summed E-state index contributed by atoms with van der Waals surface area (Å²) in [4.78, 5) is 23.0. The van der Waals surface area contributed by atoms with Gasteiger partial charge >= 0.3 is 0 Å². The van der Waals surface area contributed by atoms with Crippen LogP contribution in [0.15, 0.2) is 18.0 Å². The summed E-state index contributed by atoms with van der Waals surface area (Å²) in [5, 5.41) is 7.29. The van der Waals surface area contributed by atoms with E-state index in [0.717, 1.165) is 36.6 Å². The zero-order valence-electron chi connectivity index (χ0n) is 12.3. The first kappa shape index (κ1) is 14.2. The van der Waals surface area contributed by atoms with Gasteiger partial charge in [0.15, 0.2) is 0 Å². The van der Waals surface area contributed by atoms with Crippen LogP contribution in [0.4, 0.5) is 0 Å². The minimum atomic E-state index is -0.302. The molecule has 7 heteroatoms. The summed E-state index contributed by atoms with van der Waals surface area (Å²) in [6, 6.07) is -0.302. The Hall–Kier alpha value is -1.76. The number of rotatable bonds is 3. The van der Waals surface area contributed by atoms with Crippen molar-refractivity contribution in [3.8, 4) is 0 Å². The summed E-state index contributed by atoms with van der Waals surface area (Å²) >= 11 is 1.70. The molecule has 0 aromatic carbocycles. The predicted molar refractivity (Wildman–Crippen MR) is 80.1 cm³/mol. The predicted octanol–water partition coefficient (Wildman–Crippen LogP) is 2.01. The Labute approximate surface area is 127 Å². The normalized spacial score (nSPS) is 20.5. The van der Waals surface area contributed by atoms with E-state index >= 15 is 0 Å². The maximum Gasteiger partial charge on any atom is 0.247 e. The van der Waals surface area contributed by atoms with Crippen molar-refractivity contribution < 1.29 is 4.79 Å². The van der Waals surface area contributed by atoms with Gasteiger partial charge in [0, 0.05) is 30.1 Å². The molecule has 2 atom stereocenters. The molecule has 6 nitrogen and oxygen atoms in total. The summed E-state index contributed by atoms with van der Waals surface area (Å²) in [7, 11) is 0. The van der Waals surface area contributed by atoms with Gasteiger partial charge in [-0.05, 0) is 26.7 Å². The van der Waals surface area contributed by atoms with Crippen LogP contribution >= 0.6 is 11.3 Å². The van der Waals surface area contributed by atoms with Crippen molar-refractivity contribution in [3.05, 3.63) is 28.7 Å². The van der Waals surface area contributed by atoms with E-state index in [-0.39, 0.29) is 11.9 Å². The summed E-state index contributed by atoms with van der Waals surface area (Å²) in [5.74, 6) is 0.475. The lowest BCUT2D eigenvalue weighted by Crippen LogP contribution is -2.42. The molecule has 2 aromatic heterocycles.